The molecule has 0 spiro atoms. The van der Waals surface area contributed by atoms with Gasteiger partial charge in [0.2, 0.25) is 0 Å². The largest absolute Gasteiger partial charge is 0.481 e. The molecule has 76 valence electrons. The van der Waals surface area contributed by atoms with Crippen LogP contribution < -0.4 is 0 Å². The van der Waals surface area contributed by atoms with Crippen molar-refractivity contribution in [2.75, 3.05) is 0 Å². The minimum atomic E-state index is -0.721. The van der Waals surface area contributed by atoms with E-state index in [2.05, 4.69) is 10.2 Å². The summed E-state index contributed by atoms with van der Waals surface area (Å²) in [4.78, 5) is 12.4. The summed E-state index contributed by atoms with van der Waals surface area (Å²) < 4.78 is 0. The molecule has 1 aliphatic rings. The summed E-state index contributed by atoms with van der Waals surface area (Å²) in [6.45, 7) is 2.71. The highest BCUT2D eigenvalue weighted by Gasteiger charge is 2.27. The van der Waals surface area contributed by atoms with Gasteiger partial charge in [0.05, 0.1) is 23.9 Å². The quantitative estimate of drug-likeness (QED) is 0.745. The van der Waals surface area contributed by atoms with Crippen LogP contribution in [0.4, 0.5) is 0 Å². The number of fused-ring (bicyclic) bond motifs is 1. The lowest BCUT2D eigenvalue weighted by Crippen LogP contribution is -2.22. The van der Waals surface area contributed by atoms with Crippen LogP contribution in [0.15, 0.2) is 0 Å². The number of aryl methyl sites for hydroxylation is 2. The Labute approximate surface area is 81.7 Å². The van der Waals surface area contributed by atoms with Gasteiger partial charge >= 0.3 is 5.97 Å². The lowest BCUT2D eigenvalue weighted by molar-refractivity contribution is -0.142. The molecule has 0 amide bonds. The van der Waals surface area contributed by atoms with Crippen LogP contribution in [-0.4, -0.2) is 26.1 Å². The summed E-state index contributed by atoms with van der Waals surface area (Å²) in [6, 6.07) is 0. The Bertz CT molecular complexity index is 359. The molecule has 0 saturated heterocycles. The van der Waals surface area contributed by atoms with Crippen LogP contribution in [-0.2, 0) is 24.2 Å². The second kappa shape index (κ2) is 3.40. The maximum absolute atomic E-state index is 10.8. The van der Waals surface area contributed by atoms with Gasteiger partial charge in [-0.25, -0.2) is 0 Å². The van der Waals surface area contributed by atoms with Gasteiger partial charge in [-0.2, -0.15) is 15.0 Å². The molecule has 0 aromatic carbocycles. The highest BCUT2D eigenvalue weighted by Crippen LogP contribution is 2.22. The molecule has 1 aromatic rings. The fraction of sp³-hybridized carbons (Fsp3) is 0.667. The fourth-order valence-electron chi connectivity index (χ4n) is 1.77. The maximum Gasteiger partial charge on any atom is 0.306 e. The Balaban J connectivity index is 2.21. The number of aliphatic carboxylic acids is 1. The normalized spacial score (nSPS) is 20.5. The Morgan fingerprint density at radius 2 is 2.29 bits per heavy atom. The number of nitrogens with zero attached hydrogens (tertiary/aromatic N) is 3. The first kappa shape index (κ1) is 9.18. The average Bonchev–Trinajstić information content (AvgIpc) is 2.58. The number of carboxylic acid groups (broad SMARTS) is 1. The standard InChI is InChI=1S/C9H13N3O2/c1-2-12-10-7-4-3-6(9(13)14)5-8(7)11-12/h6H,2-5H2,1H3,(H,13,14). The molecule has 1 aliphatic carbocycles. The summed E-state index contributed by atoms with van der Waals surface area (Å²) in [7, 11) is 0. The van der Waals surface area contributed by atoms with Gasteiger partial charge in [-0.1, -0.05) is 0 Å². The van der Waals surface area contributed by atoms with E-state index in [0.717, 1.165) is 24.4 Å². The predicted molar refractivity (Wildman–Crippen MR) is 48.8 cm³/mol. The minimum Gasteiger partial charge on any atom is -0.481 e. The van der Waals surface area contributed by atoms with Crippen LogP contribution >= 0.6 is 0 Å². The average molecular weight is 195 g/mol. The lowest BCUT2D eigenvalue weighted by Gasteiger charge is -2.15. The molecule has 1 N–H and O–H groups in total. The molecule has 0 fully saturated rings. The summed E-state index contributed by atoms with van der Waals surface area (Å²) in [5.41, 5.74) is 1.84. The van der Waals surface area contributed by atoms with Crippen LogP contribution in [0.2, 0.25) is 0 Å². The lowest BCUT2D eigenvalue weighted by atomic mass is 9.90. The van der Waals surface area contributed by atoms with Crippen molar-refractivity contribution in [3.8, 4) is 0 Å². The van der Waals surface area contributed by atoms with E-state index in [9.17, 15) is 4.79 Å². The van der Waals surface area contributed by atoms with Crippen molar-refractivity contribution in [2.24, 2.45) is 5.92 Å². The molecule has 5 nitrogen and oxygen atoms in total. The maximum atomic E-state index is 10.8. The second-order valence-electron chi connectivity index (χ2n) is 3.56. The van der Waals surface area contributed by atoms with E-state index in [1.54, 1.807) is 4.80 Å². The van der Waals surface area contributed by atoms with Crippen molar-refractivity contribution in [3.63, 3.8) is 0 Å². The molecule has 2 rings (SSSR count). The summed E-state index contributed by atoms with van der Waals surface area (Å²) in [5, 5.41) is 17.4. The Hall–Kier alpha value is -1.39. The van der Waals surface area contributed by atoms with Crippen molar-refractivity contribution in [1.29, 1.82) is 0 Å². The first-order valence-corrected chi connectivity index (χ1v) is 4.86. The number of hydrogen-bond acceptors (Lipinski definition) is 3. The van der Waals surface area contributed by atoms with Crippen LogP contribution in [0.25, 0.3) is 0 Å². The van der Waals surface area contributed by atoms with Gasteiger partial charge in [0, 0.05) is 6.42 Å². The van der Waals surface area contributed by atoms with Crippen molar-refractivity contribution < 1.29 is 9.90 Å². The van der Waals surface area contributed by atoms with Crippen molar-refractivity contribution in [2.45, 2.75) is 32.7 Å². The van der Waals surface area contributed by atoms with E-state index in [-0.39, 0.29) is 5.92 Å². The predicted octanol–water partition coefficient (Wildman–Crippen LogP) is 0.487. The molecule has 0 aliphatic heterocycles. The molecule has 5 heteroatoms. The number of rotatable bonds is 2. The third-order valence-corrected chi connectivity index (χ3v) is 2.61. The SMILES string of the molecule is CCn1nc2c(n1)CC(C(=O)O)CC2. The molecular weight excluding hydrogens is 182 g/mol. The minimum absolute atomic E-state index is 0.274. The van der Waals surface area contributed by atoms with E-state index < -0.39 is 5.97 Å². The first-order chi connectivity index (χ1) is 6.70. The van der Waals surface area contributed by atoms with E-state index in [4.69, 9.17) is 5.11 Å². The van der Waals surface area contributed by atoms with Crippen LogP contribution in [0, 0.1) is 5.92 Å². The first-order valence-electron chi connectivity index (χ1n) is 4.86. The Morgan fingerprint density at radius 3 is 2.93 bits per heavy atom. The van der Waals surface area contributed by atoms with E-state index in [1.165, 1.54) is 0 Å². The molecular formula is C9H13N3O2. The molecule has 14 heavy (non-hydrogen) atoms. The highest BCUT2D eigenvalue weighted by atomic mass is 16.4. The summed E-state index contributed by atoms with van der Waals surface area (Å²) in [5.74, 6) is -0.994. The molecule has 0 radical (unpaired) electrons. The Kier molecular flexibility index (Phi) is 2.23. The molecule has 0 saturated carbocycles. The zero-order valence-electron chi connectivity index (χ0n) is 8.10. The van der Waals surface area contributed by atoms with Crippen LogP contribution in [0.1, 0.15) is 24.7 Å². The monoisotopic (exact) mass is 195 g/mol. The van der Waals surface area contributed by atoms with Crippen LogP contribution in [0.3, 0.4) is 0 Å². The summed E-state index contributed by atoms with van der Waals surface area (Å²) in [6.07, 6.45) is 1.96. The zero-order chi connectivity index (χ0) is 10.1. The fourth-order valence-corrected chi connectivity index (χ4v) is 1.77. The van der Waals surface area contributed by atoms with Crippen molar-refractivity contribution >= 4 is 5.97 Å². The highest BCUT2D eigenvalue weighted by molar-refractivity contribution is 5.70. The van der Waals surface area contributed by atoms with Gasteiger partial charge in [-0.05, 0) is 19.8 Å². The number of carbonyl (C=O) groups is 1. The van der Waals surface area contributed by atoms with Gasteiger partial charge in [0.25, 0.3) is 0 Å². The number of carboxylic acids is 1. The van der Waals surface area contributed by atoms with Gasteiger partial charge in [0.15, 0.2) is 0 Å². The topological polar surface area (TPSA) is 68.0 Å². The number of aromatic nitrogens is 3. The van der Waals surface area contributed by atoms with Gasteiger partial charge in [0.1, 0.15) is 0 Å². The van der Waals surface area contributed by atoms with E-state index in [1.807, 2.05) is 6.92 Å². The second-order valence-corrected chi connectivity index (χ2v) is 3.56. The molecule has 0 bridgehead atoms. The van der Waals surface area contributed by atoms with Gasteiger partial charge in [-0.15, -0.1) is 0 Å². The van der Waals surface area contributed by atoms with Crippen LogP contribution in [0.5, 0.6) is 0 Å². The smallest absolute Gasteiger partial charge is 0.306 e. The third kappa shape index (κ3) is 1.49. The molecule has 1 heterocycles. The van der Waals surface area contributed by atoms with Gasteiger partial charge < -0.3 is 5.11 Å². The van der Waals surface area contributed by atoms with E-state index >= 15 is 0 Å². The Morgan fingerprint density at radius 1 is 1.57 bits per heavy atom. The molecule has 1 atom stereocenters. The zero-order valence-corrected chi connectivity index (χ0v) is 8.10. The van der Waals surface area contributed by atoms with E-state index in [0.29, 0.717) is 12.8 Å². The molecule has 1 unspecified atom stereocenters. The van der Waals surface area contributed by atoms with Crippen molar-refractivity contribution in [3.05, 3.63) is 11.4 Å². The molecule has 1 aromatic heterocycles. The van der Waals surface area contributed by atoms with Gasteiger partial charge in [-0.3, -0.25) is 4.79 Å². The van der Waals surface area contributed by atoms with Crippen molar-refractivity contribution in [1.82, 2.24) is 15.0 Å². The third-order valence-electron chi connectivity index (χ3n) is 2.61. The number of hydrogen-bond donors (Lipinski definition) is 1. The summed E-state index contributed by atoms with van der Waals surface area (Å²) >= 11 is 0.